The number of carbonyl (C=O) groups is 1. The first-order valence-corrected chi connectivity index (χ1v) is 11.4. The summed E-state index contributed by atoms with van der Waals surface area (Å²) in [6.45, 7) is 6.46. The Hall–Kier alpha value is -2.71. The summed E-state index contributed by atoms with van der Waals surface area (Å²) in [5.74, 6) is 1.07. The van der Waals surface area contributed by atoms with Crippen molar-refractivity contribution >= 4 is 27.5 Å². The lowest BCUT2D eigenvalue weighted by Crippen LogP contribution is -2.37. The van der Waals surface area contributed by atoms with Crippen molar-refractivity contribution in [3.05, 3.63) is 56.4 Å². The summed E-state index contributed by atoms with van der Waals surface area (Å²) in [4.78, 5) is 36.6. The van der Waals surface area contributed by atoms with Gasteiger partial charge in [0.15, 0.2) is 0 Å². The molecule has 0 saturated carbocycles. The second-order valence-electron chi connectivity index (χ2n) is 7.99. The molecule has 8 heteroatoms. The van der Waals surface area contributed by atoms with Crippen molar-refractivity contribution in [2.75, 3.05) is 26.7 Å². The topological polar surface area (TPSA) is 87.3 Å². The van der Waals surface area contributed by atoms with Crippen LogP contribution in [-0.4, -0.2) is 47.5 Å². The molecule has 4 rings (SSSR count). The van der Waals surface area contributed by atoms with Crippen LogP contribution in [0.2, 0.25) is 0 Å². The standard InChI is InChI=1S/C23H28N4O3S/c1-14-15(2)31-23-21(14)22(29)25-19(26-23)12-20(28)24-13-18(27-10-4-5-11-27)16-6-8-17(30-3)9-7-16/h6-9,18H,4-5,10-13H2,1-3H3,(H,24,28)(H,25,26,29). The number of aromatic amines is 1. The molecule has 1 atom stereocenters. The molecule has 0 aliphatic carbocycles. The summed E-state index contributed by atoms with van der Waals surface area (Å²) < 4.78 is 5.27. The zero-order valence-corrected chi connectivity index (χ0v) is 19.0. The molecule has 1 unspecified atom stereocenters. The van der Waals surface area contributed by atoms with Crippen LogP contribution in [0, 0.1) is 13.8 Å². The van der Waals surface area contributed by atoms with Crippen LogP contribution in [0.25, 0.3) is 10.2 Å². The Kier molecular flexibility index (Phi) is 6.38. The van der Waals surface area contributed by atoms with Gasteiger partial charge in [0.05, 0.1) is 25.0 Å². The normalized spacial score (nSPS) is 15.3. The average Bonchev–Trinajstić information content (AvgIpc) is 3.37. The second kappa shape index (κ2) is 9.20. The highest BCUT2D eigenvalue weighted by Gasteiger charge is 2.24. The summed E-state index contributed by atoms with van der Waals surface area (Å²) in [6.07, 6.45) is 2.40. The first kappa shape index (κ1) is 21.5. The quantitative estimate of drug-likeness (QED) is 0.590. The van der Waals surface area contributed by atoms with Crippen LogP contribution in [0.3, 0.4) is 0 Å². The zero-order valence-electron chi connectivity index (χ0n) is 18.2. The Morgan fingerprint density at radius 2 is 1.97 bits per heavy atom. The monoisotopic (exact) mass is 440 g/mol. The molecule has 1 saturated heterocycles. The van der Waals surface area contributed by atoms with Crippen LogP contribution < -0.4 is 15.6 Å². The van der Waals surface area contributed by atoms with Gasteiger partial charge in [-0.25, -0.2) is 4.98 Å². The number of carbonyl (C=O) groups excluding carboxylic acids is 1. The number of H-pyrrole nitrogens is 1. The van der Waals surface area contributed by atoms with Gasteiger partial charge in [0.25, 0.3) is 5.56 Å². The van der Waals surface area contributed by atoms with Gasteiger partial charge >= 0.3 is 0 Å². The predicted molar refractivity (Wildman–Crippen MR) is 123 cm³/mol. The molecule has 1 fully saturated rings. The minimum absolute atomic E-state index is 0.0521. The summed E-state index contributed by atoms with van der Waals surface area (Å²) in [5.41, 5.74) is 1.93. The third-order valence-electron chi connectivity index (χ3n) is 5.99. The fourth-order valence-electron chi connectivity index (χ4n) is 4.15. The van der Waals surface area contributed by atoms with Gasteiger partial charge in [-0.15, -0.1) is 11.3 Å². The highest BCUT2D eigenvalue weighted by atomic mass is 32.1. The summed E-state index contributed by atoms with van der Waals surface area (Å²) in [7, 11) is 1.65. The van der Waals surface area contributed by atoms with Gasteiger partial charge in [-0.2, -0.15) is 0 Å². The molecule has 0 radical (unpaired) electrons. The van der Waals surface area contributed by atoms with E-state index in [9.17, 15) is 9.59 Å². The number of thiophene rings is 1. The van der Waals surface area contributed by atoms with Gasteiger partial charge in [-0.1, -0.05) is 12.1 Å². The summed E-state index contributed by atoms with van der Waals surface area (Å²) >= 11 is 1.49. The number of aromatic nitrogens is 2. The molecule has 1 aliphatic heterocycles. The number of nitrogens with zero attached hydrogens (tertiary/aromatic N) is 2. The largest absolute Gasteiger partial charge is 0.497 e. The van der Waals surface area contributed by atoms with E-state index < -0.39 is 0 Å². The molecule has 1 aliphatic rings. The molecule has 2 N–H and O–H groups in total. The number of hydrogen-bond acceptors (Lipinski definition) is 6. The SMILES string of the molecule is COc1ccc(C(CNC(=O)Cc2nc3sc(C)c(C)c3c(=O)[nH]2)N2CCCC2)cc1. The number of nitrogens with one attached hydrogen (secondary N) is 2. The lowest BCUT2D eigenvalue weighted by Gasteiger charge is -2.28. The van der Waals surface area contributed by atoms with Crippen molar-refractivity contribution in [3.63, 3.8) is 0 Å². The molecule has 3 heterocycles. The van der Waals surface area contributed by atoms with Crippen LogP contribution in [0.15, 0.2) is 29.1 Å². The van der Waals surface area contributed by atoms with Crippen LogP contribution in [0.4, 0.5) is 0 Å². The molecule has 1 aromatic carbocycles. The first-order chi connectivity index (χ1) is 15.0. The van der Waals surface area contributed by atoms with Crippen molar-refractivity contribution in [1.82, 2.24) is 20.2 Å². The molecule has 0 bridgehead atoms. The fraction of sp³-hybridized carbons (Fsp3) is 0.435. The molecule has 31 heavy (non-hydrogen) atoms. The smallest absolute Gasteiger partial charge is 0.259 e. The Bertz CT molecular complexity index is 1130. The van der Waals surface area contributed by atoms with E-state index in [2.05, 4.69) is 32.3 Å². The summed E-state index contributed by atoms with van der Waals surface area (Å²) in [5, 5.41) is 3.67. The van der Waals surface area contributed by atoms with Crippen LogP contribution in [0.5, 0.6) is 5.75 Å². The van der Waals surface area contributed by atoms with Gasteiger partial charge in [0.2, 0.25) is 5.91 Å². The maximum absolute atomic E-state index is 12.7. The second-order valence-corrected chi connectivity index (χ2v) is 9.19. The van der Waals surface area contributed by atoms with Crippen molar-refractivity contribution in [3.8, 4) is 5.75 Å². The highest BCUT2D eigenvalue weighted by molar-refractivity contribution is 7.18. The highest BCUT2D eigenvalue weighted by Crippen LogP contribution is 2.27. The van der Waals surface area contributed by atoms with E-state index in [1.807, 2.05) is 26.0 Å². The predicted octanol–water partition coefficient (Wildman–Crippen LogP) is 3.11. The Morgan fingerprint density at radius 3 is 2.65 bits per heavy atom. The maximum Gasteiger partial charge on any atom is 0.259 e. The van der Waals surface area contributed by atoms with Crippen molar-refractivity contribution < 1.29 is 9.53 Å². The number of hydrogen-bond donors (Lipinski definition) is 2. The van der Waals surface area contributed by atoms with Crippen molar-refractivity contribution in [2.45, 2.75) is 39.2 Å². The van der Waals surface area contributed by atoms with Gasteiger partial charge < -0.3 is 15.0 Å². The molecule has 7 nitrogen and oxygen atoms in total. The molecule has 3 aromatic rings. The Balaban J connectivity index is 1.46. The number of rotatable bonds is 7. The third kappa shape index (κ3) is 4.65. The molecule has 2 aromatic heterocycles. The lowest BCUT2D eigenvalue weighted by molar-refractivity contribution is -0.120. The fourth-order valence-corrected chi connectivity index (χ4v) is 5.19. The van der Waals surface area contributed by atoms with E-state index in [1.54, 1.807) is 7.11 Å². The Labute approximate surface area is 185 Å². The number of likely N-dealkylation sites (tertiary alicyclic amines) is 1. The van der Waals surface area contributed by atoms with Crippen LogP contribution in [-0.2, 0) is 11.2 Å². The summed E-state index contributed by atoms with van der Waals surface area (Å²) in [6, 6.07) is 8.13. The lowest BCUT2D eigenvalue weighted by atomic mass is 10.1. The first-order valence-electron chi connectivity index (χ1n) is 10.6. The maximum atomic E-state index is 12.7. The van der Waals surface area contributed by atoms with Crippen molar-refractivity contribution in [1.29, 1.82) is 0 Å². The average molecular weight is 441 g/mol. The zero-order chi connectivity index (χ0) is 22.0. The van der Waals surface area contributed by atoms with E-state index in [1.165, 1.54) is 24.2 Å². The number of ether oxygens (including phenoxy) is 1. The molecule has 164 valence electrons. The van der Waals surface area contributed by atoms with E-state index in [0.717, 1.165) is 34.8 Å². The van der Waals surface area contributed by atoms with Crippen LogP contribution >= 0.6 is 11.3 Å². The minimum Gasteiger partial charge on any atom is -0.497 e. The Morgan fingerprint density at radius 1 is 1.26 bits per heavy atom. The molecule has 0 spiro atoms. The van der Waals surface area contributed by atoms with Gasteiger partial charge in [-0.3, -0.25) is 14.5 Å². The van der Waals surface area contributed by atoms with Gasteiger partial charge in [0.1, 0.15) is 16.4 Å². The van der Waals surface area contributed by atoms with E-state index in [-0.39, 0.29) is 23.9 Å². The van der Waals surface area contributed by atoms with Crippen LogP contribution in [0.1, 0.15) is 40.7 Å². The molecular formula is C23H28N4O3S. The van der Waals surface area contributed by atoms with Crippen molar-refractivity contribution in [2.24, 2.45) is 0 Å². The third-order valence-corrected chi connectivity index (χ3v) is 7.09. The van der Waals surface area contributed by atoms with Gasteiger partial charge in [0, 0.05) is 11.4 Å². The number of methoxy groups -OCH3 is 1. The number of benzene rings is 1. The number of amides is 1. The minimum atomic E-state index is -0.178. The number of fused-ring (bicyclic) bond motifs is 1. The van der Waals surface area contributed by atoms with Gasteiger partial charge in [-0.05, 0) is 63.0 Å². The molecule has 1 amide bonds. The molecular weight excluding hydrogens is 412 g/mol. The number of aryl methyl sites for hydroxylation is 2. The van der Waals surface area contributed by atoms with E-state index in [4.69, 9.17) is 4.74 Å². The van der Waals surface area contributed by atoms with E-state index in [0.29, 0.717) is 22.6 Å². The van der Waals surface area contributed by atoms with E-state index >= 15 is 0 Å².